The van der Waals surface area contributed by atoms with E-state index in [4.69, 9.17) is 19.3 Å². The van der Waals surface area contributed by atoms with Crippen molar-refractivity contribution >= 4 is 6.09 Å². The van der Waals surface area contributed by atoms with Gasteiger partial charge in [0.15, 0.2) is 0 Å². The Morgan fingerprint density at radius 3 is 2.13 bits per heavy atom. The number of hydrogen-bond acceptors (Lipinski definition) is 6. The second kappa shape index (κ2) is 11.6. The highest BCUT2D eigenvalue weighted by Crippen LogP contribution is 2.26. The summed E-state index contributed by atoms with van der Waals surface area (Å²) in [6, 6.07) is 16.8. The maximum atomic E-state index is 12.1. The number of carbonyl (C=O) groups excluding carboxylic acids is 1. The van der Waals surface area contributed by atoms with Crippen molar-refractivity contribution in [2.45, 2.75) is 51.9 Å². The number of hydrogen-bond donors (Lipinski definition) is 2. The van der Waals surface area contributed by atoms with Crippen LogP contribution in [0.1, 0.15) is 34.1 Å². The van der Waals surface area contributed by atoms with Crippen LogP contribution < -0.4 is 9.47 Å². The lowest BCUT2D eigenvalue weighted by Crippen LogP contribution is -2.52. The van der Waals surface area contributed by atoms with Gasteiger partial charge in [0.05, 0.1) is 6.54 Å². The molecule has 7 heteroatoms. The quantitative estimate of drug-likeness (QED) is 0.753. The molecule has 1 saturated heterocycles. The van der Waals surface area contributed by atoms with Gasteiger partial charge in [-0.1, -0.05) is 18.2 Å². The average molecular weight is 432 g/mol. The molecule has 2 aromatic carbocycles. The third-order valence-corrected chi connectivity index (χ3v) is 4.26. The first-order valence-corrected chi connectivity index (χ1v) is 10.5. The predicted octanol–water partition coefficient (Wildman–Crippen LogP) is 4.23. The van der Waals surface area contributed by atoms with Crippen molar-refractivity contribution in [1.29, 1.82) is 0 Å². The van der Waals surface area contributed by atoms with Crippen LogP contribution in [-0.2, 0) is 4.74 Å². The molecule has 1 amide bonds. The lowest BCUT2D eigenvalue weighted by molar-refractivity contribution is -0.0374. The van der Waals surface area contributed by atoms with E-state index in [2.05, 4.69) is 0 Å². The lowest BCUT2D eigenvalue weighted by atomic mass is 10.1. The zero-order valence-electron chi connectivity index (χ0n) is 18.7. The molecule has 31 heavy (non-hydrogen) atoms. The summed E-state index contributed by atoms with van der Waals surface area (Å²) in [5, 5.41) is 18.0. The molecular formula is C24H33NO6. The van der Waals surface area contributed by atoms with Crippen LogP contribution in [0.4, 0.5) is 4.79 Å². The molecule has 0 bridgehead atoms. The highest BCUT2D eigenvalue weighted by Gasteiger charge is 2.33. The molecular weight excluding hydrogens is 398 g/mol. The van der Waals surface area contributed by atoms with E-state index >= 15 is 0 Å². The topological polar surface area (TPSA) is 88.5 Å². The number of para-hydroxylation sites is 1. The number of amides is 1. The molecule has 2 unspecified atom stereocenters. The number of β-amino-alcohol motifs (C(OH)–C–C–N with tert-alkyl or cyclic N) is 1. The van der Waals surface area contributed by atoms with Crippen LogP contribution in [0.25, 0.3) is 0 Å². The van der Waals surface area contributed by atoms with Crippen molar-refractivity contribution in [3.8, 4) is 17.2 Å². The van der Waals surface area contributed by atoms with Crippen molar-refractivity contribution in [2.24, 2.45) is 0 Å². The summed E-state index contributed by atoms with van der Waals surface area (Å²) in [6.45, 7) is 8.06. The average Bonchev–Trinajstić information content (AvgIpc) is 2.71. The predicted molar refractivity (Wildman–Crippen MR) is 119 cm³/mol. The first-order chi connectivity index (χ1) is 14.7. The van der Waals surface area contributed by atoms with Crippen LogP contribution in [0.15, 0.2) is 54.6 Å². The van der Waals surface area contributed by atoms with Crippen molar-refractivity contribution in [1.82, 2.24) is 4.90 Å². The van der Waals surface area contributed by atoms with E-state index in [0.717, 1.165) is 5.75 Å². The molecule has 2 N–H and O–H groups in total. The SMILES string of the molecule is CC(C)(C)OC(=O)N1CCC(Oc2ccc(Oc3ccccc3)cc2)C(O)C1.CCO. The molecule has 1 aliphatic rings. The van der Waals surface area contributed by atoms with E-state index in [1.807, 2.05) is 75.4 Å². The molecule has 3 rings (SSSR count). The van der Waals surface area contributed by atoms with E-state index in [-0.39, 0.29) is 19.3 Å². The van der Waals surface area contributed by atoms with Gasteiger partial charge in [-0.05, 0) is 64.1 Å². The minimum Gasteiger partial charge on any atom is -0.488 e. The van der Waals surface area contributed by atoms with Crippen molar-refractivity contribution < 1.29 is 29.2 Å². The Morgan fingerprint density at radius 2 is 1.58 bits per heavy atom. The third kappa shape index (κ3) is 8.47. The smallest absolute Gasteiger partial charge is 0.410 e. The summed E-state index contributed by atoms with van der Waals surface area (Å²) in [5.41, 5.74) is -0.557. The Labute approximate surface area is 184 Å². The molecule has 0 aliphatic carbocycles. The summed E-state index contributed by atoms with van der Waals surface area (Å²) in [6.07, 6.45) is -1.03. The van der Waals surface area contributed by atoms with Gasteiger partial charge in [-0.15, -0.1) is 0 Å². The van der Waals surface area contributed by atoms with E-state index in [0.29, 0.717) is 24.5 Å². The maximum Gasteiger partial charge on any atom is 0.410 e. The Bertz CT molecular complexity index is 788. The summed E-state index contributed by atoms with van der Waals surface area (Å²) >= 11 is 0. The van der Waals surface area contributed by atoms with Gasteiger partial charge in [0, 0.05) is 19.6 Å². The van der Waals surface area contributed by atoms with Gasteiger partial charge in [0.2, 0.25) is 0 Å². The Hall–Kier alpha value is -2.77. The van der Waals surface area contributed by atoms with Crippen LogP contribution in [0.3, 0.4) is 0 Å². The highest BCUT2D eigenvalue weighted by molar-refractivity contribution is 5.68. The number of rotatable bonds is 4. The Balaban J connectivity index is 0.00000107. The normalized spacial score (nSPS) is 18.5. The molecule has 0 saturated carbocycles. The Morgan fingerprint density at radius 1 is 1.03 bits per heavy atom. The molecule has 1 aliphatic heterocycles. The largest absolute Gasteiger partial charge is 0.488 e. The molecule has 2 atom stereocenters. The van der Waals surface area contributed by atoms with E-state index in [9.17, 15) is 9.90 Å². The van der Waals surface area contributed by atoms with Crippen LogP contribution in [0.2, 0.25) is 0 Å². The fourth-order valence-electron chi connectivity index (χ4n) is 2.93. The molecule has 7 nitrogen and oxygen atoms in total. The van der Waals surface area contributed by atoms with E-state index in [1.54, 1.807) is 6.92 Å². The van der Waals surface area contributed by atoms with Gasteiger partial charge in [-0.25, -0.2) is 4.79 Å². The number of aliphatic hydroxyl groups is 2. The number of piperidine rings is 1. The van der Waals surface area contributed by atoms with Crippen LogP contribution >= 0.6 is 0 Å². The number of ether oxygens (including phenoxy) is 3. The van der Waals surface area contributed by atoms with Gasteiger partial charge >= 0.3 is 6.09 Å². The molecule has 0 radical (unpaired) electrons. The monoisotopic (exact) mass is 431 g/mol. The number of benzene rings is 2. The van der Waals surface area contributed by atoms with Gasteiger partial charge in [0.25, 0.3) is 0 Å². The summed E-state index contributed by atoms with van der Waals surface area (Å²) < 4.78 is 17.0. The Kier molecular flexibility index (Phi) is 9.15. The summed E-state index contributed by atoms with van der Waals surface area (Å²) in [5.74, 6) is 2.12. The van der Waals surface area contributed by atoms with E-state index in [1.165, 1.54) is 4.90 Å². The molecule has 2 aromatic rings. The molecule has 1 fully saturated rings. The third-order valence-electron chi connectivity index (χ3n) is 4.26. The summed E-state index contributed by atoms with van der Waals surface area (Å²) in [7, 11) is 0. The van der Waals surface area contributed by atoms with Crippen LogP contribution in [-0.4, -0.2) is 58.7 Å². The van der Waals surface area contributed by atoms with Gasteiger partial charge in [-0.3, -0.25) is 0 Å². The number of carbonyl (C=O) groups is 1. The second-order valence-electron chi connectivity index (χ2n) is 8.14. The van der Waals surface area contributed by atoms with Crippen LogP contribution in [0.5, 0.6) is 17.2 Å². The lowest BCUT2D eigenvalue weighted by Gasteiger charge is -2.36. The number of likely N-dealkylation sites (tertiary alicyclic amines) is 1. The zero-order valence-corrected chi connectivity index (χ0v) is 18.7. The minimum absolute atomic E-state index is 0.189. The van der Waals surface area contributed by atoms with Crippen molar-refractivity contribution in [3.05, 3.63) is 54.6 Å². The first kappa shape index (κ1) is 24.5. The fraction of sp³-hybridized carbons (Fsp3) is 0.458. The van der Waals surface area contributed by atoms with Crippen LogP contribution in [0, 0.1) is 0 Å². The van der Waals surface area contributed by atoms with E-state index < -0.39 is 17.8 Å². The molecule has 0 spiro atoms. The molecule has 1 heterocycles. The fourth-order valence-corrected chi connectivity index (χ4v) is 2.93. The molecule has 170 valence electrons. The van der Waals surface area contributed by atoms with Gasteiger partial charge in [0.1, 0.15) is 35.1 Å². The maximum absolute atomic E-state index is 12.1. The minimum atomic E-state index is -0.776. The standard InChI is InChI=1S/C22H27NO5.C2H6O/c1-22(2,3)28-21(25)23-14-13-20(19(24)15-23)27-18-11-9-17(10-12-18)26-16-7-5-4-6-8-16;1-2-3/h4-12,19-20,24H,13-15H2,1-3H3;3H,2H2,1H3. The second-order valence-corrected chi connectivity index (χ2v) is 8.14. The highest BCUT2D eigenvalue weighted by atomic mass is 16.6. The molecule has 0 aromatic heterocycles. The van der Waals surface area contributed by atoms with Gasteiger partial charge in [-0.2, -0.15) is 0 Å². The summed E-state index contributed by atoms with van der Waals surface area (Å²) in [4.78, 5) is 13.7. The zero-order chi connectivity index (χ0) is 22.9. The van der Waals surface area contributed by atoms with Crippen molar-refractivity contribution in [2.75, 3.05) is 19.7 Å². The number of nitrogens with zero attached hydrogens (tertiary/aromatic N) is 1. The first-order valence-electron chi connectivity index (χ1n) is 10.5. The van der Waals surface area contributed by atoms with Gasteiger partial charge < -0.3 is 29.3 Å². The van der Waals surface area contributed by atoms with Crippen molar-refractivity contribution in [3.63, 3.8) is 0 Å². The number of aliphatic hydroxyl groups excluding tert-OH is 2.